The molecule has 2 N–H and O–H groups in total. The van der Waals surface area contributed by atoms with Gasteiger partial charge in [-0.25, -0.2) is 5.43 Å². The summed E-state index contributed by atoms with van der Waals surface area (Å²) < 4.78 is 6.63. The van der Waals surface area contributed by atoms with E-state index in [1.54, 1.807) is 36.4 Å². The fourth-order valence-corrected chi connectivity index (χ4v) is 3.23. The summed E-state index contributed by atoms with van der Waals surface area (Å²) in [5, 5.41) is 6.59. The summed E-state index contributed by atoms with van der Waals surface area (Å²) in [6, 6.07) is 17.9. The molecule has 2 aromatic carbocycles. The Labute approximate surface area is 202 Å². The predicted molar refractivity (Wildman–Crippen MR) is 132 cm³/mol. The first kappa shape index (κ1) is 23.5. The third kappa shape index (κ3) is 6.41. The maximum atomic E-state index is 12.8. The summed E-state index contributed by atoms with van der Waals surface area (Å²) in [6.07, 6.45) is 2.95. The van der Waals surface area contributed by atoms with Crippen LogP contribution in [0.3, 0.4) is 0 Å². The molecule has 164 valence electrons. The van der Waals surface area contributed by atoms with E-state index in [0.29, 0.717) is 16.0 Å². The Hall–Kier alpha value is -3.17. The number of amides is 2. The zero-order chi connectivity index (χ0) is 23.1. The number of rotatable bonds is 7. The van der Waals surface area contributed by atoms with Crippen LogP contribution in [-0.4, -0.2) is 32.1 Å². The van der Waals surface area contributed by atoms with E-state index in [4.69, 9.17) is 4.42 Å². The van der Waals surface area contributed by atoms with Crippen LogP contribution in [0.2, 0.25) is 0 Å². The highest BCUT2D eigenvalue weighted by Gasteiger charge is 2.14. The van der Waals surface area contributed by atoms with Gasteiger partial charge in [0.2, 0.25) is 0 Å². The largest absolute Gasteiger partial charge is 0.447 e. The number of hydrogen-bond donors (Lipinski definition) is 2. The van der Waals surface area contributed by atoms with Crippen molar-refractivity contribution in [2.75, 3.05) is 19.0 Å². The lowest BCUT2D eigenvalue weighted by molar-refractivity contribution is -0.117. The lowest BCUT2D eigenvalue weighted by Gasteiger charge is -2.12. The fraction of sp³-hybridized carbons (Fsp3) is 0.0870. The van der Waals surface area contributed by atoms with E-state index in [0.717, 1.165) is 15.7 Å². The molecule has 3 rings (SSSR count). The average molecular weight is 560 g/mol. The summed E-state index contributed by atoms with van der Waals surface area (Å²) in [6.45, 7) is 0. The molecular formula is C23H20Br2N4O3. The van der Waals surface area contributed by atoms with Crippen LogP contribution >= 0.6 is 31.9 Å². The van der Waals surface area contributed by atoms with Crippen molar-refractivity contribution in [2.24, 2.45) is 5.10 Å². The minimum Gasteiger partial charge on any atom is -0.447 e. The number of halogens is 2. The van der Waals surface area contributed by atoms with Gasteiger partial charge in [0.15, 0.2) is 4.67 Å². The predicted octanol–water partition coefficient (Wildman–Crippen LogP) is 4.79. The summed E-state index contributed by atoms with van der Waals surface area (Å²) in [4.78, 5) is 27.4. The molecule has 7 nitrogen and oxygen atoms in total. The maximum absolute atomic E-state index is 12.8. The molecule has 2 amide bonds. The van der Waals surface area contributed by atoms with E-state index < -0.39 is 11.8 Å². The van der Waals surface area contributed by atoms with Crippen molar-refractivity contribution in [2.45, 2.75) is 0 Å². The van der Waals surface area contributed by atoms with Crippen LogP contribution in [0.15, 0.2) is 85.0 Å². The van der Waals surface area contributed by atoms with Crippen molar-refractivity contribution in [1.82, 2.24) is 10.7 Å². The minimum absolute atomic E-state index is 0.0513. The van der Waals surface area contributed by atoms with Gasteiger partial charge in [-0.05, 0) is 67.8 Å². The van der Waals surface area contributed by atoms with E-state index in [1.165, 1.54) is 6.21 Å². The topological polar surface area (TPSA) is 86.9 Å². The molecule has 0 saturated heterocycles. The van der Waals surface area contributed by atoms with Crippen LogP contribution in [-0.2, 0) is 4.79 Å². The second-order valence-corrected chi connectivity index (χ2v) is 8.41. The number of carbonyl (C=O) groups is 2. The molecule has 0 unspecified atom stereocenters. The Morgan fingerprint density at radius 3 is 2.31 bits per heavy atom. The number of nitrogens with zero attached hydrogens (tertiary/aromatic N) is 2. The second-order valence-electron chi connectivity index (χ2n) is 6.83. The zero-order valence-corrected chi connectivity index (χ0v) is 20.5. The minimum atomic E-state index is -0.577. The monoisotopic (exact) mass is 558 g/mol. The molecule has 9 heteroatoms. The molecule has 1 heterocycles. The molecule has 0 saturated carbocycles. The first-order valence-electron chi connectivity index (χ1n) is 9.47. The summed E-state index contributed by atoms with van der Waals surface area (Å²) in [7, 11) is 3.88. The molecule has 0 fully saturated rings. The fourth-order valence-electron chi connectivity index (χ4n) is 2.62. The molecule has 3 aromatic rings. The number of furan rings is 1. The van der Waals surface area contributed by atoms with Gasteiger partial charge in [0, 0.05) is 31.4 Å². The van der Waals surface area contributed by atoms with Crippen molar-refractivity contribution >= 4 is 61.7 Å². The van der Waals surface area contributed by atoms with E-state index in [2.05, 4.69) is 47.7 Å². The van der Waals surface area contributed by atoms with E-state index >= 15 is 0 Å². The van der Waals surface area contributed by atoms with Gasteiger partial charge >= 0.3 is 0 Å². The van der Waals surface area contributed by atoms with Gasteiger partial charge < -0.3 is 14.6 Å². The summed E-state index contributed by atoms with van der Waals surface area (Å²) >= 11 is 6.55. The van der Waals surface area contributed by atoms with Crippen LogP contribution in [0.5, 0.6) is 0 Å². The maximum Gasteiger partial charge on any atom is 0.287 e. The van der Waals surface area contributed by atoms with Crippen LogP contribution in [0.25, 0.3) is 6.08 Å². The van der Waals surface area contributed by atoms with Gasteiger partial charge in [-0.15, -0.1) is 0 Å². The Morgan fingerprint density at radius 1 is 1.03 bits per heavy atom. The van der Waals surface area contributed by atoms with E-state index in [9.17, 15) is 9.59 Å². The van der Waals surface area contributed by atoms with Crippen LogP contribution < -0.4 is 15.6 Å². The number of benzene rings is 2. The molecule has 0 radical (unpaired) electrons. The molecule has 0 spiro atoms. The first-order chi connectivity index (χ1) is 15.3. The van der Waals surface area contributed by atoms with Crippen molar-refractivity contribution < 1.29 is 14.0 Å². The highest BCUT2D eigenvalue weighted by atomic mass is 79.9. The average Bonchev–Trinajstić information content (AvgIpc) is 3.11. The van der Waals surface area contributed by atoms with Crippen molar-refractivity contribution in [3.63, 3.8) is 0 Å². The van der Waals surface area contributed by atoms with Crippen molar-refractivity contribution in [3.05, 3.63) is 92.4 Å². The molecule has 0 aliphatic heterocycles. The Morgan fingerprint density at radius 2 is 1.72 bits per heavy atom. The highest BCUT2D eigenvalue weighted by molar-refractivity contribution is 9.13. The quantitative estimate of drug-likeness (QED) is 0.247. The zero-order valence-electron chi connectivity index (χ0n) is 17.3. The van der Waals surface area contributed by atoms with E-state index in [-0.39, 0.29) is 5.70 Å². The number of hydrogen-bond acceptors (Lipinski definition) is 5. The smallest absolute Gasteiger partial charge is 0.287 e. The van der Waals surface area contributed by atoms with Crippen molar-refractivity contribution in [1.29, 1.82) is 0 Å². The number of carbonyl (C=O) groups excluding carboxylic acids is 2. The third-order valence-electron chi connectivity index (χ3n) is 4.27. The lowest BCUT2D eigenvalue weighted by Crippen LogP contribution is -2.32. The number of nitrogens with one attached hydrogen (secondary N) is 2. The van der Waals surface area contributed by atoms with Crippen molar-refractivity contribution in [3.8, 4) is 0 Å². The summed E-state index contributed by atoms with van der Waals surface area (Å²) in [5.74, 6) is -0.547. The number of anilines is 1. The second kappa shape index (κ2) is 10.9. The van der Waals surface area contributed by atoms with Crippen LogP contribution in [0.4, 0.5) is 5.69 Å². The summed E-state index contributed by atoms with van der Waals surface area (Å²) in [5.41, 5.74) is 4.66. The Bertz CT molecular complexity index is 1130. The first-order valence-corrected chi connectivity index (χ1v) is 11.1. The third-order valence-corrected chi connectivity index (χ3v) is 5.98. The Kier molecular flexibility index (Phi) is 8.02. The molecule has 0 atom stereocenters. The molecule has 32 heavy (non-hydrogen) atoms. The van der Waals surface area contributed by atoms with E-state index in [1.807, 2.05) is 49.3 Å². The van der Waals surface area contributed by atoms with Gasteiger partial charge in [0.25, 0.3) is 11.8 Å². The normalized spacial score (nSPS) is 11.4. The highest BCUT2D eigenvalue weighted by Crippen LogP contribution is 2.25. The Balaban J connectivity index is 1.81. The van der Waals surface area contributed by atoms with Crippen LogP contribution in [0, 0.1) is 0 Å². The molecule has 0 bridgehead atoms. The lowest BCUT2D eigenvalue weighted by atomic mass is 10.1. The standard InChI is InChI=1S/C23H20Br2N4O3/c1-29(2)17-10-8-15(9-11-17)12-20(27-22(30)16-6-4-3-5-7-16)23(31)28-26-14-18-13-19(24)21(25)32-18/h3-14H,1-2H3,(H,27,30)(H,28,31)/b20-12-,26-14-. The van der Waals surface area contributed by atoms with Gasteiger partial charge in [0.1, 0.15) is 11.5 Å². The molecular weight excluding hydrogens is 540 g/mol. The van der Waals surface area contributed by atoms with Crippen LogP contribution in [0.1, 0.15) is 21.7 Å². The van der Waals surface area contributed by atoms with Gasteiger partial charge in [-0.2, -0.15) is 5.10 Å². The molecule has 0 aliphatic rings. The van der Waals surface area contributed by atoms with Gasteiger partial charge in [-0.1, -0.05) is 30.3 Å². The van der Waals surface area contributed by atoms with Gasteiger partial charge in [-0.3, -0.25) is 9.59 Å². The molecule has 0 aliphatic carbocycles. The van der Waals surface area contributed by atoms with Gasteiger partial charge in [0.05, 0.1) is 10.7 Å². The number of hydrazone groups is 1. The SMILES string of the molecule is CN(C)c1ccc(/C=C(\NC(=O)c2ccccc2)C(=O)N/N=C\c2cc(Br)c(Br)o2)cc1. The molecule has 1 aromatic heterocycles.